The van der Waals surface area contributed by atoms with Crippen LogP contribution in [-0.4, -0.2) is 47.2 Å². The standard InChI is InChI=1S/C25H29N3O3/c1-17(2)15-28-24(30)21-11-8-19(14-22(21)25(28)31)23(29)26-20-9-6-18(7-10-20)16-27-12-4-3-5-13-27/h6-11,14,17H,3-5,12-13,15-16H2,1-2H3,(H,26,29). The number of hydrogen-bond acceptors (Lipinski definition) is 4. The Hall–Kier alpha value is -2.99. The molecule has 2 heterocycles. The molecule has 1 saturated heterocycles. The van der Waals surface area contributed by atoms with Crippen LogP contribution in [0.5, 0.6) is 0 Å². The predicted molar refractivity (Wildman–Crippen MR) is 120 cm³/mol. The highest BCUT2D eigenvalue weighted by Crippen LogP contribution is 2.25. The zero-order valence-electron chi connectivity index (χ0n) is 18.2. The maximum Gasteiger partial charge on any atom is 0.261 e. The van der Waals surface area contributed by atoms with E-state index in [-0.39, 0.29) is 23.6 Å². The number of imide groups is 1. The van der Waals surface area contributed by atoms with Crippen molar-refractivity contribution in [3.8, 4) is 0 Å². The normalized spacial score (nSPS) is 16.7. The van der Waals surface area contributed by atoms with Gasteiger partial charge in [-0.2, -0.15) is 0 Å². The van der Waals surface area contributed by atoms with E-state index in [9.17, 15) is 14.4 Å². The molecule has 2 aromatic carbocycles. The van der Waals surface area contributed by atoms with Crippen LogP contribution in [0, 0.1) is 5.92 Å². The summed E-state index contributed by atoms with van der Waals surface area (Å²) >= 11 is 0. The summed E-state index contributed by atoms with van der Waals surface area (Å²) in [5, 5.41) is 2.89. The molecule has 162 valence electrons. The minimum Gasteiger partial charge on any atom is -0.322 e. The summed E-state index contributed by atoms with van der Waals surface area (Å²) in [6, 6.07) is 12.6. The van der Waals surface area contributed by atoms with Crippen LogP contribution in [0.3, 0.4) is 0 Å². The van der Waals surface area contributed by atoms with Gasteiger partial charge in [-0.05, 0) is 67.7 Å². The highest BCUT2D eigenvalue weighted by Gasteiger charge is 2.36. The van der Waals surface area contributed by atoms with Crippen LogP contribution >= 0.6 is 0 Å². The Morgan fingerprint density at radius 3 is 2.29 bits per heavy atom. The zero-order chi connectivity index (χ0) is 22.0. The fourth-order valence-corrected chi connectivity index (χ4v) is 4.24. The van der Waals surface area contributed by atoms with Gasteiger partial charge in [-0.1, -0.05) is 32.4 Å². The largest absolute Gasteiger partial charge is 0.322 e. The second-order valence-electron chi connectivity index (χ2n) is 8.86. The van der Waals surface area contributed by atoms with Crippen molar-refractivity contribution < 1.29 is 14.4 Å². The fourth-order valence-electron chi connectivity index (χ4n) is 4.24. The van der Waals surface area contributed by atoms with Crippen LogP contribution in [0.15, 0.2) is 42.5 Å². The van der Waals surface area contributed by atoms with Gasteiger partial charge >= 0.3 is 0 Å². The average molecular weight is 420 g/mol. The number of nitrogens with one attached hydrogen (secondary N) is 1. The Kier molecular flexibility index (Phi) is 6.18. The number of hydrogen-bond donors (Lipinski definition) is 1. The summed E-state index contributed by atoms with van der Waals surface area (Å²) in [4.78, 5) is 41.6. The lowest BCUT2D eigenvalue weighted by Gasteiger charge is -2.26. The first-order chi connectivity index (χ1) is 14.9. The van der Waals surface area contributed by atoms with E-state index in [1.54, 1.807) is 12.1 Å². The van der Waals surface area contributed by atoms with E-state index in [1.165, 1.54) is 35.8 Å². The van der Waals surface area contributed by atoms with Crippen molar-refractivity contribution in [3.05, 3.63) is 64.7 Å². The van der Waals surface area contributed by atoms with Crippen molar-refractivity contribution >= 4 is 23.4 Å². The maximum atomic E-state index is 12.7. The third-order valence-corrected chi connectivity index (χ3v) is 5.85. The minimum absolute atomic E-state index is 0.183. The lowest BCUT2D eigenvalue weighted by molar-refractivity contribution is 0.0636. The Morgan fingerprint density at radius 1 is 0.935 bits per heavy atom. The number of benzene rings is 2. The van der Waals surface area contributed by atoms with Crippen molar-refractivity contribution in [2.75, 3.05) is 25.0 Å². The number of piperidine rings is 1. The summed E-state index contributed by atoms with van der Waals surface area (Å²) in [5.74, 6) is -0.729. The minimum atomic E-state index is -0.328. The first kappa shape index (κ1) is 21.2. The third-order valence-electron chi connectivity index (χ3n) is 5.85. The van der Waals surface area contributed by atoms with E-state index in [0.29, 0.717) is 28.9 Å². The number of rotatable bonds is 6. The Bertz CT molecular complexity index is 992. The van der Waals surface area contributed by atoms with Crippen LogP contribution in [0.1, 0.15) is 69.7 Å². The second-order valence-corrected chi connectivity index (χ2v) is 8.86. The van der Waals surface area contributed by atoms with Crippen LogP contribution < -0.4 is 5.32 Å². The molecule has 0 aromatic heterocycles. The smallest absolute Gasteiger partial charge is 0.261 e. The molecule has 1 fully saturated rings. The Morgan fingerprint density at radius 2 is 1.61 bits per heavy atom. The van der Waals surface area contributed by atoms with E-state index in [2.05, 4.69) is 10.2 Å². The van der Waals surface area contributed by atoms with Gasteiger partial charge in [0.2, 0.25) is 0 Å². The molecule has 4 rings (SSSR count). The lowest BCUT2D eigenvalue weighted by Crippen LogP contribution is -2.33. The molecule has 0 bridgehead atoms. The summed E-state index contributed by atoms with van der Waals surface area (Å²) in [6.07, 6.45) is 3.84. The lowest BCUT2D eigenvalue weighted by atomic mass is 10.1. The van der Waals surface area contributed by atoms with Crippen LogP contribution in [0.4, 0.5) is 5.69 Å². The summed E-state index contributed by atoms with van der Waals surface area (Å²) < 4.78 is 0. The van der Waals surface area contributed by atoms with Crippen molar-refractivity contribution in [1.82, 2.24) is 9.80 Å². The number of anilines is 1. The van der Waals surface area contributed by atoms with Crippen molar-refractivity contribution in [1.29, 1.82) is 0 Å². The average Bonchev–Trinajstić information content (AvgIpc) is 3.00. The molecule has 0 radical (unpaired) electrons. The van der Waals surface area contributed by atoms with Crippen LogP contribution in [-0.2, 0) is 6.54 Å². The maximum absolute atomic E-state index is 12.7. The Labute approximate surface area is 183 Å². The second kappa shape index (κ2) is 9.02. The molecule has 2 aliphatic rings. The topological polar surface area (TPSA) is 69.7 Å². The van der Waals surface area contributed by atoms with Gasteiger partial charge in [0.15, 0.2) is 0 Å². The predicted octanol–water partition coefficient (Wildman–Crippen LogP) is 4.18. The molecular weight excluding hydrogens is 390 g/mol. The molecule has 6 nitrogen and oxygen atoms in total. The van der Waals surface area contributed by atoms with Gasteiger partial charge in [-0.3, -0.25) is 24.2 Å². The van der Waals surface area contributed by atoms with E-state index in [4.69, 9.17) is 0 Å². The fraction of sp³-hybridized carbons (Fsp3) is 0.400. The monoisotopic (exact) mass is 419 g/mol. The zero-order valence-corrected chi connectivity index (χ0v) is 18.2. The van der Waals surface area contributed by atoms with Gasteiger partial charge in [0.05, 0.1) is 11.1 Å². The summed E-state index contributed by atoms with van der Waals surface area (Å²) in [6.45, 7) is 7.51. The van der Waals surface area contributed by atoms with Gasteiger partial charge in [0, 0.05) is 24.3 Å². The molecule has 31 heavy (non-hydrogen) atoms. The number of fused-ring (bicyclic) bond motifs is 1. The number of amides is 3. The van der Waals surface area contributed by atoms with Crippen LogP contribution in [0.2, 0.25) is 0 Å². The molecule has 0 unspecified atom stereocenters. The van der Waals surface area contributed by atoms with E-state index >= 15 is 0 Å². The number of carbonyl (C=O) groups excluding carboxylic acids is 3. The Balaban J connectivity index is 1.42. The van der Waals surface area contributed by atoms with Gasteiger partial charge in [0.1, 0.15) is 0 Å². The molecule has 2 aliphatic heterocycles. The van der Waals surface area contributed by atoms with Gasteiger partial charge < -0.3 is 5.32 Å². The van der Waals surface area contributed by atoms with Crippen molar-refractivity contribution in [2.24, 2.45) is 5.92 Å². The molecule has 0 spiro atoms. The van der Waals surface area contributed by atoms with E-state index in [1.807, 2.05) is 38.1 Å². The quantitative estimate of drug-likeness (QED) is 0.714. The molecule has 0 atom stereocenters. The molecule has 2 aromatic rings. The number of likely N-dealkylation sites (tertiary alicyclic amines) is 1. The van der Waals surface area contributed by atoms with Crippen LogP contribution in [0.25, 0.3) is 0 Å². The highest BCUT2D eigenvalue weighted by atomic mass is 16.2. The van der Waals surface area contributed by atoms with E-state index in [0.717, 1.165) is 19.6 Å². The van der Waals surface area contributed by atoms with Crippen molar-refractivity contribution in [3.63, 3.8) is 0 Å². The van der Waals surface area contributed by atoms with Crippen molar-refractivity contribution in [2.45, 2.75) is 39.7 Å². The molecule has 3 amide bonds. The van der Waals surface area contributed by atoms with E-state index < -0.39 is 0 Å². The molecule has 6 heteroatoms. The molecular formula is C25H29N3O3. The third kappa shape index (κ3) is 4.69. The molecule has 1 N–H and O–H groups in total. The molecule has 0 aliphatic carbocycles. The number of nitrogens with zero attached hydrogens (tertiary/aromatic N) is 2. The SMILES string of the molecule is CC(C)CN1C(=O)c2ccc(C(=O)Nc3ccc(CN4CCCCC4)cc3)cc2C1=O. The van der Waals surface area contributed by atoms with Gasteiger partial charge in [-0.15, -0.1) is 0 Å². The highest BCUT2D eigenvalue weighted by molar-refractivity contribution is 6.22. The first-order valence-corrected chi connectivity index (χ1v) is 11.1. The van der Waals surface area contributed by atoms with Gasteiger partial charge in [0.25, 0.3) is 17.7 Å². The first-order valence-electron chi connectivity index (χ1n) is 11.1. The number of carbonyl (C=O) groups is 3. The molecule has 0 saturated carbocycles. The summed E-state index contributed by atoms with van der Waals surface area (Å²) in [5.41, 5.74) is 2.96. The summed E-state index contributed by atoms with van der Waals surface area (Å²) in [7, 11) is 0. The van der Waals surface area contributed by atoms with Gasteiger partial charge in [-0.25, -0.2) is 0 Å².